The van der Waals surface area contributed by atoms with Gasteiger partial charge in [-0.25, -0.2) is 14.4 Å². The summed E-state index contributed by atoms with van der Waals surface area (Å²) in [5, 5.41) is 4.08. The van der Waals surface area contributed by atoms with Gasteiger partial charge >= 0.3 is 0 Å². The molecule has 0 aliphatic carbocycles. The van der Waals surface area contributed by atoms with Crippen molar-refractivity contribution in [2.45, 2.75) is 13.3 Å². The fourth-order valence-corrected chi connectivity index (χ4v) is 3.01. The number of halogens is 2. The Morgan fingerprint density at radius 3 is 2.76 bits per heavy atom. The van der Waals surface area contributed by atoms with Crippen LogP contribution < -0.4 is 5.32 Å². The molecule has 0 radical (unpaired) electrons. The number of nitrogens with zero attached hydrogens (tertiary/aromatic N) is 3. The van der Waals surface area contributed by atoms with Crippen molar-refractivity contribution < 1.29 is 4.39 Å². The van der Waals surface area contributed by atoms with E-state index in [2.05, 4.69) is 27.1 Å². The molecule has 4 aromatic rings. The smallest absolute Gasteiger partial charge is 0.163 e. The lowest BCUT2D eigenvalue weighted by Gasteiger charge is -2.12. The Bertz CT molecular complexity index is 1250. The third kappa shape index (κ3) is 4.18. The number of aromatic nitrogens is 3. The second-order valence-corrected chi connectivity index (χ2v) is 6.69. The number of pyridine rings is 1. The number of benzene rings is 2. The first-order chi connectivity index (χ1) is 14.1. The van der Waals surface area contributed by atoms with Gasteiger partial charge in [-0.15, -0.1) is 0 Å². The summed E-state index contributed by atoms with van der Waals surface area (Å²) in [4.78, 5) is 13.5. The molecule has 6 heteroatoms. The zero-order chi connectivity index (χ0) is 20.2. The minimum atomic E-state index is -0.474. The highest BCUT2D eigenvalue weighted by Gasteiger charge is 2.11. The van der Waals surface area contributed by atoms with Gasteiger partial charge in [0.2, 0.25) is 0 Å². The van der Waals surface area contributed by atoms with Crippen LogP contribution in [0.3, 0.4) is 0 Å². The number of nitrogens with one attached hydrogen (secondary N) is 1. The van der Waals surface area contributed by atoms with Crippen LogP contribution in [0.4, 0.5) is 15.9 Å². The van der Waals surface area contributed by atoms with Gasteiger partial charge in [0.05, 0.1) is 10.5 Å². The molecular weight excluding hydrogens is 387 g/mol. The molecule has 0 aliphatic rings. The molecule has 0 saturated carbocycles. The molecule has 4 nitrogen and oxygen atoms in total. The van der Waals surface area contributed by atoms with Crippen molar-refractivity contribution in [1.29, 1.82) is 0 Å². The maximum absolute atomic E-state index is 13.5. The SMILES string of the molecule is CCC#Cc1ccc2nc(-c3cccnc3)nc(Nc3ccc(F)c(Cl)c3)c2c1. The van der Waals surface area contributed by atoms with Crippen molar-refractivity contribution in [2.24, 2.45) is 0 Å². The average Bonchev–Trinajstić information content (AvgIpc) is 2.75. The molecule has 29 heavy (non-hydrogen) atoms. The zero-order valence-corrected chi connectivity index (χ0v) is 16.3. The van der Waals surface area contributed by atoms with Crippen molar-refractivity contribution in [3.63, 3.8) is 0 Å². The van der Waals surface area contributed by atoms with Crippen molar-refractivity contribution in [3.8, 4) is 23.2 Å². The van der Waals surface area contributed by atoms with Crippen molar-refractivity contribution >= 4 is 34.0 Å². The minimum absolute atomic E-state index is 0.0374. The summed E-state index contributed by atoms with van der Waals surface area (Å²) < 4.78 is 13.5. The Labute approximate surface area is 172 Å². The molecule has 0 fully saturated rings. The molecule has 0 aliphatic heterocycles. The normalized spacial score (nSPS) is 10.4. The van der Waals surface area contributed by atoms with E-state index in [0.717, 1.165) is 28.5 Å². The highest BCUT2D eigenvalue weighted by atomic mass is 35.5. The maximum atomic E-state index is 13.5. The quantitative estimate of drug-likeness (QED) is 0.427. The third-order valence-corrected chi connectivity index (χ3v) is 4.50. The molecule has 0 bridgehead atoms. The van der Waals surface area contributed by atoms with E-state index in [0.29, 0.717) is 17.3 Å². The van der Waals surface area contributed by atoms with Gasteiger partial charge in [-0.05, 0) is 48.5 Å². The van der Waals surface area contributed by atoms with Crippen LogP contribution in [0.5, 0.6) is 0 Å². The van der Waals surface area contributed by atoms with Crippen LogP contribution in [0.25, 0.3) is 22.3 Å². The molecule has 0 saturated heterocycles. The van der Waals surface area contributed by atoms with E-state index in [9.17, 15) is 4.39 Å². The van der Waals surface area contributed by atoms with Crippen LogP contribution in [0, 0.1) is 17.7 Å². The van der Waals surface area contributed by atoms with E-state index < -0.39 is 5.82 Å². The predicted molar refractivity (Wildman–Crippen MR) is 115 cm³/mol. The Balaban J connectivity index is 1.88. The summed E-state index contributed by atoms with van der Waals surface area (Å²) in [5.74, 6) is 6.84. The first kappa shape index (κ1) is 18.9. The summed E-state index contributed by atoms with van der Waals surface area (Å²) in [6, 6.07) is 14.0. The van der Waals surface area contributed by atoms with E-state index in [1.165, 1.54) is 12.1 Å². The van der Waals surface area contributed by atoms with Gasteiger partial charge in [0.25, 0.3) is 0 Å². The van der Waals surface area contributed by atoms with Crippen molar-refractivity contribution in [1.82, 2.24) is 15.0 Å². The molecule has 4 rings (SSSR count). The summed E-state index contributed by atoms with van der Waals surface area (Å²) in [6.45, 7) is 2.00. The Hall–Kier alpha value is -3.49. The largest absolute Gasteiger partial charge is 0.340 e. The van der Waals surface area contributed by atoms with E-state index in [1.807, 2.05) is 37.3 Å². The molecule has 142 valence electrons. The topological polar surface area (TPSA) is 50.7 Å². The van der Waals surface area contributed by atoms with Crippen LogP contribution in [0.1, 0.15) is 18.9 Å². The molecule has 0 unspecified atom stereocenters. The average molecular weight is 403 g/mol. The number of hydrogen-bond donors (Lipinski definition) is 1. The van der Waals surface area contributed by atoms with Gasteiger partial charge in [-0.1, -0.05) is 30.4 Å². The molecular formula is C23H16ClFN4. The summed E-state index contributed by atoms with van der Waals surface area (Å²) >= 11 is 5.93. The van der Waals surface area contributed by atoms with Gasteiger partial charge in [-0.2, -0.15) is 0 Å². The lowest BCUT2D eigenvalue weighted by molar-refractivity contribution is 0.628. The summed E-state index contributed by atoms with van der Waals surface area (Å²) in [5.41, 5.74) is 3.05. The number of fused-ring (bicyclic) bond motifs is 1. The van der Waals surface area contributed by atoms with E-state index in [1.54, 1.807) is 18.5 Å². The molecule has 2 aromatic carbocycles. The van der Waals surface area contributed by atoms with Crippen LogP contribution >= 0.6 is 11.6 Å². The fraction of sp³-hybridized carbons (Fsp3) is 0.0870. The minimum Gasteiger partial charge on any atom is -0.340 e. The number of hydrogen-bond acceptors (Lipinski definition) is 4. The summed E-state index contributed by atoms with van der Waals surface area (Å²) in [6.07, 6.45) is 4.18. The third-order valence-electron chi connectivity index (χ3n) is 4.21. The maximum Gasteiger partial charge on any atom is 0.163 e. The Morgan fingerprint density at radius 2 is 2.00 bits per heavy atom. The van der Waals surface area contributed by atoms with Gasteiger partial charge in [0, 0.05) is 41.0 Å². The molecule has 0 amide bonds. The van der Waals surface area contributed by atoms with Gasteiger partial charge < -0.3 is 5.32 Å². The van der Waals surface area contributed by atoms with E-state index in [-0.39, 0.29) is 5.02 Å². The highest BCUT2D eigenvalue weighted by Crippen LogP contribution is 2.29. The molecule has 0 spiro atoms. The van der Waals surface area contributed by atoms with Crippen LogP contribution in [0.15, 0.2) is 60.9 Å². The first-order valence-corrected chi connectivity index (χ1v) is 9.45. The summed E-state index contributed by atoms with van der Waals surface area (Å²) in [7, 11) is 0. The zero-order valence-electron chi connectivity index (χ0n) is 15.6. The second-order valence-electron chi connectivity index (χ2n) is 6.28. The van der Waals surface area contributed by atoms with Gasteiger partial charge in [-0.3, -0.25) is 4.98 Å². The lowest BCUT2D eigenvalue weighted by Crippen LogP contribution is -2.00. The van der Waals surface area contributed by atoms with Gasteiger partial charge in [0.15, 0.2) is 5.82 Å². The number of anilines is 2. The molecule has 2 aromatic heterocycles. The Kier molecular flexibility index (Phi) is 5.37. The standard InChI is InChI=1S/C23H16ClFN4/c1-2-3-5-15-7-10-21-18(12-15)23(27-17-8-9-20(25)19(24)13-17)29-22(28-21)16-6-4-11-26-14-16/h4,6-14H,2H2,1H3,(H,27,28,29). The number of rotatable bonds is 3. The monoisotopic (exact) mass is 402 g/mol. The van der Waals surface area contributed by atoms with Crippen LogP contribution in [-0.2, 0) is 0 Å². The molecule has 0 atom stereocenters. The van der Waals surface area contributed by atoms with Crippen LogP contribution in [-0.4, -0.2) is 15.0 Å². The van der Waals surface area contributed by atoms with E-state index in [4.69, 9.17) is 16.6 Å². The fourth-order valence-electron chi connectivity index (χ4n) is 2.83. The molecule has 2 heterocycles. The van der Waals surface area contributed by atoms with Crippen molar-refractivity contribution in [2.75, 3.05) is 5.32 Å². The van der Waals surface area contributed by atoms with Gasteiger partial charge in [0.1, 0.15) is 11.6 Å². The first-order valence-electron chi connectivity index (χ1n) is 9.07. The second kappa shape index (κ2) is 8.26. The Morgan fingerprint density at radius 1 is 1.10 bits per heavy atom. The van der Waals surface area contributed by atoms with Crippen LogP contribution in [0.2, 0.25) is 5.02 Å². The highest BCUT2D eigenvalue weighted by molar-refractivity contribution is 6.31. The predicted octanol–water partition coefficient (Wildman–Crippen LogP) is 5.99. The lowest BCUT2D eigenvalue weighted by atomic mass is 10.1. The van der Waals surface area contributed by atoms with Crippen molar-refractivity contribution in [3.05, 3.63) is 77.3 Å². The van der Waals surface area contributed by atoms with E-state index >= 15 is 0 Å². The molecule has 1 N–H and O–H groups in total.